The number of benzene rings is 1. The van der Waals surface area contributed by atoms with E-state index in [2.05, 4.69) is 28.4 Å². The third-order valence-corrected chi connectivity index (χ3v) is 4.15. The molecule has 0 aromatic heterocycles. The van der Waals surface area contributed by atoms with Crippen molar-refractivity contribution in [3.05, 3.63) is 34.9 Å². The molecular weight excluding hydrogens is 238 g/mol. The van der Waals surface area contributed by atoms with Crippen molar-refractivity contribution in [3.8, 4) is 0 Å². The zero-order valence-corrected chi connectivity index (χ0v) is 12.0. The van der Waals surface area contributed by atoms with E-state index < -0.39 is 5.54 Å². The van der Waals surface area contributed by atoms with Gasteiger partial charge in [0, 0.05) is 26.2 Å². The van der Waals surface area contributed by atoms with E-state index in [0.29, 0.717) is 0 Å². The fourth-order valence-electron chi connectivity index (χ4n) is 2.83. The summed E-state index contributed by atoms with van der Waals surface area (Å²) in [5, 5.41) is 3.31. The van der Waals surface area contributed by atoms with E-state index in [9.17, 15) is 4.79 Å². The van der Waals surface area contributed by atoms with Crippen LogP contribution in [-0.2, 0) is 10.3 Å². The number of hydrogen-bond donors (Lipinski definition) is 2. The predicted molar refractivity (Wildman–Crippen MR) is 76.9 cm³/mol. The first-order valence-corrected chi connectivity index (χ1v) is 6.79. The first kappa shape index (κ1) is 14.0. The zero-order chi connectivity index (χ0) is 14.0. The molecule has 0 spiro atoms. The van der Waals surface area contributed by atoms with Crippen LogP contribution in [0.25, 0.3) is 0 Å². The Morgan fingerprint density at radius 3 is 2.53 bits per heavy atom. The third kappa shape index (κ3) is 2.51. The summed E-state index contributed by atoms with van der Waals surface area (Å²) in [6.45, 7) is 9.50. The molecule has 4 heteroatoms. The van der Waals surface area contributed by atoms with Gasteiger partial charge in [-0.2, -0.15) is 0 Å². The Morgan fingerprint density at radius 2 is 1.95 bits per heavy atom. The number of hydrogen-bond acceptors (Lipinski definition) is 3. The van der Waals surface area contributed by atoms with Gasteiger partial charge in [-0.25, -0.2) is 0 Å². The van der Waals surface area contributed by atoms with E-state index in [1.807, 2.05) is 20.8 Å². The fraction of sp³-hybridized carbons (Fsp3) is 0.533. The van der Waals surface area contributed by atoms with Gasteiger partial charge in [0.15, 0.2) is 0 Å². The van der Waals surface area contributed by atoms with Gasteiger partial charge in [0.05, 0.1) is 0 Å². The summed E-state index contributed by atoms with van der Waals surface area (Å²) in [5.41, 5.74) is 8.33. The molecule has 1 aliphatic rings. The molecule has 1 atom stereocenters. The average molecular weight is 261 g/mol. The van der Waals surface area contributed by atoms with Crippen molar-refractivity contribution >= 4 is 5.91 Å². The average Bonchev–Trinajstić information content (AvgIpc) is 2.41. The highest BCUT2D eigenvalue weighted by Crippen LogP contribution is 2.31. The Kier molecular flexibility index (Phi) is 3.92. The second kappa shape index (κ2) is 5.31. The molecule has 4 nitrogen and oxygen atoms in total. The molecule has 3 N–H and O–H groups in total. The number of piperazine rings is 1. The number of nitrogens with one attached hydrogen (secondary N) is 1. The maximum atomic E-state index is 12.1. The Balaban J connectivity index is 2.48. The molecule has 1 unspecified atom stereocenters. The standard InChI is InChI=1S/C15H23N3O/c1-11-4-5-12(2)13(10-11)15(3,14(16)19)18-8-6-17-7-9-18/h4-5,10,17H,6-9H2,1-3H3,(H2,16,19). The largest absolute Gasteiger partial charge is 0.368 e. The van der Waals surface area contributed by atoms with Gasteiger partial charge in [0.1, 0.15) is 5.54 Å². The van der Waals surface area contributed by atoms with Gasteiger partial charge in [0.25, 0.3) is 0 Å². The topological polar surface area (TPSA) is 58.4 Å². The van der Waals surface area contributed by atoms with Gasteiger partial charge in [-0.3, -0.25) is 9.69 Å². The maximum absolute atomic E-state index is 12.1. The highest BCUT2D eigenvalue weighted by molar-refractivity contribution is 5.86. The number of amides is 1. The Bertz CT molecular complexity index is 480. The zero-order valence-electron chi connectivity index (χ0n) is 12.0. The van der Waals surface area contributed by atoms with Gasteiger partial charge in [-0.15, -0.1) is 0 Å². The first-order chi connectivity index (χ1) is 8.96. The second-order valence-corrected chi connectivity index (χ2v) is 5.49. The number of nitrogens with zero attached hydrogens (tertiary/aromatic N) is 1. The summed E-state index contributed by atoms with van der Waals surface area (Å²) in [6, 6.07) is 6.22. The Hall–Kier alpha value is -1.39. The first-order valence-electron chi connectivity index (χ1n) is 6.79. The molecule has 1 aliphatic heterocycles. The lowest BCUT2D eigenvalue weighted by atomic mass is 9.84. The van der Waals surface area contributed by atoms with Crippen molar-refractivity contribution in [1.82, 2.24) is 10.2 Å². The van der Waals surface area contributed by atoms with Crippen LogP contribution in [-0.4, -0.2) is 37.0 Å². The summed E-state index contributed by atoms with van der Waals surface area (Å²) in [5.74, 6) is -0.275. The van der Waals surface area contributed by atoms with Crippen molar-refractivity contribution in [2.75, 3.05) is 26.2 Å². The molecule has 1 aromatic rings. The SMILES string of the molecule is Cc1ccc(C)c(C(C)(C(N)=O)N2CCNCC2)c1. The van der Waals surface area contributed by atoms with E-state index in [1.54, 1.807) is 0 Å². The molecule has 0 saturated carbocycles. The van der Waals surface area contributed by atoms with Crippen LogP contribution in [0.3, 0.4) is 0 Å². The van der Waals surface area contributed by atoms with E-state index in [0.717, 1.165) is 42.9 Å². The van der Waals surface area contributed by atoms with Crippen molar-refractivity contribution in [2.24, 2.45) is 5.73 Å². The van der Waals surface area contributed by atoms with E-state index in [1.165, 1.54) is 0 Å². The fourth-order valence-corrected chi connectivity index (χ4v) is 2.83. The molecule has 104 valence electrons. The van der Waals surface area contributed by atoms with Crippen LogP contribution in [0.15, 0.2) is 18.2 Å². The molecule has 0 aliphatic carbocycles. The smallest absolute Gasteiger partial charge is 0.242 e. The number of carbonyl (C=O) groups excluding carboxylic acids is 1. The lowest BCUT2D eigenvalue weighted by Gasteiger charge is -2.42. The van der Waals surface area contributed by atoms with Gasteiger partial charge < -0.3 is 11.1 Å². The molecule has 1 fully saturated rings. The Labute approximate surface area is 115 Å². The number of carbonyl (C=O) groups is 1. The molecule has 0 radical (unpaired) electrons. The lowest BCUT2D eigenvalue weighted by molar-refractivity contribution is -0.130. The molecule has 1 amide bonds. The van der Waals surface area contributed by atoms with Crippen LogP contribution >= 0.6 is 0 Å². The lowest BCUT2D eigenvalue weighted by Crippen LogP contribution is -2.58. The van der Waals surface area contributed by atoms with Gasteiger partial charge in [0.2, 0.25) is 5.91 Å². The van der Waals surface area contributed by atoms with Crippen molar-refractivity contribution in [3.63, 3.8) is 0 Å². The molecule has 19 heavy (non-hydrogen) atoms. The molecule has 0 bridgehead atoms. The third-order valence-electron chi connectivity index (χ3n) is 4.15. The molecule has 1 aromatic carbocycles. The van der Waals surface area contributed by atoms with Gasteiger partial charge >= 0.3 is 0 Å². The Morgan fingerprint density at radius 1 is 1.32 bits per heavy atom. The van der Waals surface area contributed by atoms with E-state index in [-0.39, 0.29) is 5.91 Å². The summed E-state index contributed by atoms with van der Waals surface area (Å²) < 4.78 is 0. The molecule has 1 heterocycles. The quantitative estimate of drug-likeness (QED) is 0.850. The second-order valence-electron chi connectivity index (χ2n) is 5.49. The summed E-state index contributed by atoms with van der Waals surface area (Å²) >= 11 is 0. The maximum Gasteiger partial charge on any atom is 0.242 e. The summed E-state index contributed by atoms with van der Waals surface area (Å²) in [4.78, 5) is 14.3. The number of primary amides is 1. The molecular formula is C15H23N3O. The van der Waals surface area contributed by atoms with Gasteiger partial charge in [-0.05, 0) is 31.9 Å². The van der Waals surface area contributed by atoms with Crippen LogP contribution in [0, 0.1) is 13.8 Å². The predicted octanol–water partition coefficient (Wildman–Crippen LogP) is 0.909. The van der Waals surface area contributed by atoms with Crippen LogP contribution in [0.1, 0.15) is 23.6 Å². The minimum absolute atomic E-state index is 0.275. The van der Waals surface area contributed by atoms with E-state index in [4.69, 9.17) is 5.73 Å². The molecule has 1 saturated heterocycles. The highest BCUT2D eigenvalue weighted by atomic mass is 16.1. The minimum atomic E-state index is -0.724. The van der Waals surface area contributed by atoms with Crippen LogP contribution in [0.5, 0.6) is 0 Å². The van der Waals surface area contributed by atoms with E-state index >= 15 is 0 Å². The number of aryl methyl sites for hydroxylation is 2. The van der Waals surface area contributed by atoms with Crippen LogP contribution in [0.2, 0.25) is 0 Å². The van der Waals surface area contributed by atoms with Crippen molar-refractivity contribution in [2.45, 2.75) is 26.3 Å². The monoisotopic (exact) mass is 261 g/mol. The number of nitrogens with two attached hydrogens (primary N) is 1. The minimum Gasteiger partial charge on any atom is -0.368 e. The molecule has 2 rings (SSSR count). The normalized spacial score (nSPS) is 19.9. The summed E-state index contributed by atoms with van der Waals surface area (Å²) in [6.07, 6.45) is 0. The number of rotatable bonds is 3. The van der Waals surface area contributed by atoms with Crippen LogP contribution in [0.4, 0.5) is 0 Å². The highest BCUT2D eigenvalue weighted by Gasteiger charge is 2.40. The summed E-state index contributed by atoms with van der Waals surface area (Å²) in [7, 11) is 0. The van der Waals surface area contributed by atoms with Crippen molar-refractivity contribution in [1.29, 1.82) is 0 Å². The van der Waals surface area contributed by atoms with Crippen molar-refractivity contribution < 1.29 is 4.79 Å². The van der Waals surface area contributed by atoms with Gasteiger partial charge in [-0.1, -0.05) is 23.8 Å². The van der Waals surface area contributed by atoms with Crippen LogP contribution < -0.4 is 11.1 Å².